The summed E-state index contributed by atoms with van der Waals surface area (Å²) in [6.45, 7) is 5.14. The highest BCUT2D eigenvalue weighted by Crippen LogP contribution is 2.31. The summed E-state index contributed by atoms with van der Waals surface area (Å²) in [5, 5.41) is 23.9. The van der Waals surface area contributed by atoms with Gasteiger partial charge in [-0.2, -0.15) is 5.10 Å². The van der Waals surface area contributed by atoms with Crippen LogP contribution in [0.2, 0.25) is 0 Å². The molecule has 0 saturated heterocycles. The summed E-state index contributed by atoms with van der Waals surface area (Å²) in [5.41, 5.74) is -1.04. The van der Waals surface area contributed by atoms with Crippen LogP contribution in [0.25, 0.3) is 16.9 Å². The molecule has 35 heavy (non-hydrogen) atoms. The fraction of sp³-hybridized carbons (Fsp3) is 0.227. The van der Waals surface area contributed by atoms with Gasteiger partial charge in [-0.05, 0) is 45.0 Å². The van der Waals surface area contributed by atoms with Crippen LogP contribution in [0.4, 0.5) is 22.0 Å². The number of nitrogens with one attached hydrogen (secondary N) is 1. The van der Waals surface area contributed by atoms with Crippen molar-refractivity contribution in [2.45, 2.75) is 26.4 Å². The number of carbonyl (C=O) groups excluding carboxylic acids is 1. The number of aromatic nitrogens is 5. The van der Waals surface area contributed by atoms with Crippen LogP contribution < -0.4 is 15.8 Å². The molecule has 4 aromatic rings. The number of pyridine rings is 2. The number of fused-ring (bicyclic) bond motifs is 1. The first-order chi connectivity index (χ1) is 16.5. The molecule has 0 unspecified atom stereocenters. The zero-order valence-corrected chi connectivity index (χ0v) is 19.2. The quantitative estimate of drug-likeness (QED) is 0.432. The van der Waals surface area contributed by atoms with Crippen LogP contribution in [-0.2, 0) is 4.74 Å². The van der Waals surface area contributed by atoms with Crippen LogP contribution in [0, 0.1) is 0 Å². The standard InChI is InChI=1S/C22H21N7O6/c1-22(2,3)34-21(33)28(4)13-11-14(25-17-16(13)27-35-18(17)20(31)32)24-12-7-6-10-29(19(12)30)15-8-5-9-23-26-15/h5-11H,1-4H3,(H,24,25)(H,31,32). The van der Waals surface area contributed by atoms with Crippen LogP contribution in [-0.4, -0.2) is 54.7 Å². The van der Waals surface area contributed by atoms with Crippen molar-refractivity contribution in [2.75, 3.05) is 17.3 Å². The van der Waals surface area contributed by atoms with Gasteiger partial charge in [-0.25, -0.2) is 14.6 Å². The lowest BCUT2D eigenvalue weighted by molar-refractivity contribution is 0.0588. The first-order valence-corrected chi connectivity index (χ1v) is 10.3. The molecule has 13 nitrogen and oxygen atoms in total. The Morgan fingerprint density at radius 3 is 2.63 bits per heavy atom. The summed E-state index contributed by atoms with van der Waals surface area (Å²) in [4.78, 5) is 42.8. The van der Waals surface area contributed by atoms with Crippen LogP contribution in [0.5, 0.6) is 0 Å². The van der Waals surface area contributed by atoms with E-state index in [0.29, 0.717) is 5.82 Å². The molecule has 0 bridgehead atoms. The Morgan fingerprint density at radius 1 is 1.20 bits per heavy atom. The number of carboxylic acid groups (broad SMARTS) is 1. The second-order valence-electron chi connectivity index (χ2n) is 8.38. The molecular weight excluding hydrogens is 458 g/mol. The van der Waals surface area contributed by atoms with Gasteiger partial charge in [0, 0.05) is 25.5 Å². The molecule has 13 heteroatoms. The van der Waals surface area contributed by atoms with E-state index < -0.39 is 29.0 Å². The lowest BCUT2D eigenvalue weighted by Gasteiger charge is -2.25. The maximum atomic E-state index is 13.0. The van der Waals surface area contributed by atoms with E-state index in [9.17, 15) is 19.5 Å². The molecule has 0 aliphatic rings. The molecule has 180 valence electrons. The molecule has 1 amide bonds. The molecule has 0 radical (unpaired) electrons. The number of rotatable bonds is 5. The number of nitrogens with zero attached hydrogens (tertiary/aromatic N) is 6. The van der Waals surface area contributed by atoms with Crippen LogP contribution >= 0.6 is 0 Å². The van der Waals surface area contributed by atoms with E-state index in [-0.39, 0.29) is 28.2 Å². The predicted molar refractivity (Wildman–Crippen MR) is 124 cm³/mol. The SMILES string of the molecule is CN(C(=O)OC(C)(C)C)c1cc(Nc2cccn(-c3cccnn3)c2=O)nc2c(C(=O)O)onc12. The van der Waals surface area contributed by atoms with Gasteiger partial charge >= 0.3 is 12.1 Å². The second-order valence-corrected chi connectivity index (χ2v) is 8.38. The van der Waals surface area contributed by atoms with Gasteiger partial charge in [0.2, 0.25) is 0 Å². The molecular formula is C22H21N7O6. The largest absolute Gasteiger partial charge is 0.475 e. The Balaban J connectivity index is 1.80. The molecule has 2 N–H and O–H groups in total. The number of anilines is 3. The van der Waals surface area contributed by atoms with E-state index in [1.807, 2.05) is 0 Å². The third kappa shape index (κ3) is 4.78. The second kappa shape index (κ2) is 8.85. The van der Waals surface area contributed by atoms with Gasteiger partial charge in [0.1, 0.15) is 22.6 Å². The normalized spacial score (nSPS) is 11.3. The van der Waals surface area contributed by atoms with Crippen molar-refractivity contribution in [3.8, 4) is 5.82 Å². The van der Waals surface area contributed by atoms with Crippen molar-refractivity contribution in [2.24, 2.45) is 0 Å². The van der Waals surface area contributed by atoms with E-state index in [1.54, 1.807) is 39.0 Å². The average Bonchev–Trinajstić information content (AvgIpc) is 3.23. The van der Waals surface area contributed by atoms with Gasteiger partial charge in [-0.15, -0.1) is 5.10 Å². The molecule has 0 spiro atoms. The number of aromatic carboxylic acids is 1. The maximum Gasteiger partial charge on any atom is 0.414 e. The molecule has 0 fully saturated rings. The highest BCUT2D eigenvalue weighted by atomic mass is 16.6. The van der Waals surface area contributed by atoms with Gasteiger partial charge in [0.05, 0.1) is 5.69 Å². The number of hydrogen-bond acceptors (Lipinski definition) is 10. The molecule has 0 atom stereocenters. The summed E-state index contributed by atoms with van der Waals surface area (Å²) in [6, 6.07) is 7.82. The fourth-order valence-electron chi connectivity index (χ4n) is 3.13. The van der Waals surface area contributed by atoms with Crippen molar-refractivity contribution in [1.29, 1.82) is 0 Å². The van der Waals surface area contributed by atoms with Crippen LogP contribution in [0.3, 0.4) is 0 Å². The summed E-state index contributed by atoms with van der Waals surface area (Å²) >= 11 is 0. The third-order valence-corrected chi connectivity index (χ3v) is 4.65. The van der Waals surface area contributed by atoms with Crippen molar-refractivity contribution in [1.82, 2.24) is 24.9 Å². The lowest BCUT2D eigenvalue weighted by atomic mass is 10.2. The fourth-order valence-corrected chi connectivity index (χ4v) is 3.13. The summed E-state index contributed by atoms with van der Waals surface area (Å²) in [7, 11) is 1.44. The topological polar surface area (TPSA) is 166 Å². The van der Waals surface area contributed by atoms with Crippen molar-refractivity contribution in [3.63, 3.8) is 0 Å². The summed E-state index contributed by atoms with van der Waals surface area (Å²) < 4.78 is 11.6. The van der Waals surface area contributed by atoms with Crippen molar-refractivity contribution >= 4 is 40.3 Å². The van der Waals surface area contributed by atoms with E-state index in [2.05, 4.69) is 25.7 Å². The smallest absolute Gasteiger partial charge is 0.414 e. The van der Waals surface area contributed by atoms with Crippen molar-refractivity contribution < 1.29 is 24.0 Å². The molecule has 0 saturated carbocycles. The van der Waals surface area contributed by atoms with Gasteiger partial charge in [-0.3, -0.25) is 14.3 Å². The molecule has 0 aromatic carbocycles. The molecule has 4 rings (SSSR count). The minimum Gasteiger partial charge on any atom is -0.475 e. The monoisotopic (exact) mass is 479 g/mol. The first kappa shape index (κ1) is 23.4. The van der Waals surface area contributed by atoms with Gasteiger partial charge < -0.3 is 19.7 Å². The Kier molecular flexibility index (Phi) is 5.91. The molecule has 4 heterocycles. The average molecular weight is 479 g/mol. The minimum atomic E-state index is -1.40. The van der Waals surface area contributed by atoms with E-state index in [4.69, 9.17) is 9.26 Å². The zero-order valence-electron chi connectivity index (χ0n) is 19.2. The van der Waals surface area contributed by atoms with Crippen molar-refractivity contribution in [3.05, 3.63) is 58.8 Å². The first-order valence-electron chi connectivity index (χ1n) is 10.3. The Labute approximate surface area is 198 Å². The minimum absolute atomic E-state index is 0.0336. The number of carboxylic acids is 1. The van der Waals surface area contributed by atoms with Crippen LogP contribution in [0.1, 0.15) is 31.3 Å². The van der Waals surface area contributed by atoms with E-state index >= 15 is 0 Å². The number of carbonyl (C=O) groups is 2. The highest BCUT2D eigenvalue weighted by molar-refractivity contribution is 6.05. The predicted octanol–water partition coefficient (Wildman–Crippen LogP) is 2.98. The molecule has 4 aromatic heterocycles. The third-order valence-electron chi connectivity index (χ3n) is 4.65. The Hall–Kier alpha value is -4.81. The van der Waals surface area contributed by atoms with Crippen LogP contribution in [0.15, 0.2) is 52.0 Å². The summed E-state index contributed by atoms with van der Waals surface area (Å²) in [6.07, 6.45) is 2.30. The Bertz CT molecular complexity index is 1470. The number of hydrogen-bond donors (Lipinski definition) is 2. The number of ether oxygens (including phenoxy) is 1. The van der Waals surface area contributed by atoms with Gasteiger partial charge in [0.25, 0.3) is 11.3 Å². The highest BCUT2D eigenvalue weighted by Gasteiger charge is 2.27. The summed E-state index contributed by atoms with van der Waals surface area (Å²) in [5.74, 6) is -1.54. The molecule has 0 aliphatic carbocycles. The van der Waals surface area contributed by atoms with Gasteiger partial charge in [-0.1, -0.05) is 5.16 Å². The Morgan fingerprint density at radius 2 is 1.97 bits per heavy atom. The zero-order chi connectivity index (χ0) is 25.3. The maximum absolute atomic E-state index is 13.0. The van der Waals surface area contributed by atoms with Gasteiger partial charge in [0.15, 0.2) is 11.3 Å². The lowest BCUT2D eigenvalue weighted by Crippen LogP contribution is -2.34. The number of amides is 1. The van der Waals surface area contributed by atoms with E-state index in [0.717, 1.165) is 4.90 Å². The van der Waals surface area contributed by atoms with E-state index in [1.165, 1.54) is 36.1 Å². The molecule has 0 aliphatic heterocycles.